The molecule has 2 rings (SSSR count). The number of rotatable bonds is 2. The van der Waals surface area contributed by atoms with Crippen LogP contribution in [0.3, 0.4) is 0 Å². The van der Waals surface area contributed by atoms with Gasteiger partial charge in [0.15, 0.2) is 0 Å². The molecular weight excluding hydrogens is 194 g/mol. The summed E-state index contributed by atoms with van der Waals surface area (Å²) in [5, 5.41) is 0. The Morgan fingerprint density at radius 1 is 1.06 bits per heavy atom. The van der Waals surface area contributed by atoms with Crippen molar-refractivity contribution in [3.8, 4) is 0 Å². The van der Waals surface area contributed by atoms with Crippen molar-refractivity contribution in [2.75, 3.05) is 0 Å². The van der Waals surface area contributed by atoms with E-state index in [4.69, 9.17) is 5.73 Å². The molecule has 0 aromatic heterocycles. The van der Waals surface area contributed by atoms with E-state index in [0.29, 0.717) is 6.04 Å². The van der Waals surface area contributed by atoms with Crippen molar-refractivity contribution in [1.29, 1.82) is 0 Å². The Bertz CT molecular complexity index is 238. The van der Waals surface area contributed by atoms with Crippen LogP contribution < -0.4 is 5.73 Å². The summed E-state index contributed by atoms with van der Waals surface area (Å²) in [5.41, 5.74) is 5.99. The lowest BCUT2D eigenvalue weighted by atomic mass is 9.68. The molecule has 0 aromatic rings. The predicted molar refractivity (Wildman–Crippen MR) is 70.1 cm³/mol. The molecule has 1 nitrogen and oxygen atoms in total. The maximum atomic E-state index is 5.99. The second kappa shape index (κ2) is 5.35. The molecule has 0 spiro atoms. The summed E-state index contributed by atoms with van der Waals surface area (Å²) in [6.07, 6.45) is 12.6. The molecule has 0 radical (unpaired) electrons. The fourth-order valence-electron chi connectivity index (χ4n) is 3.72. The lowest BCUT2D eigenvalue weighted by Crippen LogP contribution is -2.33. The van der Waals surface area contributed by atoms with Crippen molar-refractivity contribution in [3.05, 3.63) is 12.2 Å². The Labute approximate surface area is 100 Å². The van der Waals surface area contributed by atoms with Crippen LogP contribution >= 0.6 is 0 Å². The quantitative estimate of drug-likeness (QED) is 0.706. The summed E-state index contributed by atoms with van der Waals surface area (Å²) < 4.78 is 0. The zero-order valence-electron chi connectivity index (χ0n) is 10.9. The number of hydrogen-bond acceptors (Lipinski definition) is 1. The minimum absolute atomic E-state index is 0.493. The van der Waals surface area contributed by atoms with Gasteiger partial charge < -0.3 is 5.73 Å². The van der Waals surface area contributed by atoms with E-state index in [1.165, 1.54) is 38.5 Å². The molecule has 0 bridgehead atoms. The molecule has 2 aliphatic carbocycles. The Balaban J connectivity index is 1.91. The van der Waals surface area contributed by atoms with Gasteiger partial charge in [0.2, 0.25) is 0 Å². The van der Waals surface area contributed by atoms with Crippen LogP contribution in [0.15, 0.2) is 12.2 Å². The predicted octanol–water partition coefficient (Wildman–Crippen LogP) is 3.74. The van der Waals surface area contributed by atoms with Gasteiger partial charge in [-0.2, -0.15) is 0 Å². The Hall–Kier alpha value is -0.300. The van der Waals surface area contributed by atoms with Crippen molar-refractivity contribution >= 4 is 0 Å². The van der Waals surface area contributed by atoms with E-state index in [1.54, 1.807) is 0 Å². The molecule has 92 valence electrons. The maximum Gasteiger partial charge on any atom is 0.00390 e. The van der Waals surface area contributed by atoms with E-state index in [2.05, 4.69) is 26.0 Å². The monoisotopic (exact) mass is 221 g/mol. The molecule has 0 aliphatic heterocycles. The van der Waals surface area contributed by atoms with E-state index in [1.807, 2.05) is 0 Å². The third kappa shape index (κ3) is 2.68. The van der Waals surface area contributed by atoms with Crippen LogP contribution in [0.1, 0.15) is 52.4 Å². The summed E-state index contributed by atoms with van der Waals surface area (Å²) in [6, 6.07) is 0.493. The average molecular weight is 221 g/mol. The molecule has 2 aliphatic rings. The van der Waals surface area contributed by atoms with Crippen molar-refractivity contribution in [3.63, 3.8) is 0 Å². The van der Waals surface area contributed by atoms with Crippen LogP contribution in [0.2, 0.25) is 0 Å². The molecule has 1 heteroatoms. The summed E-state index contributed by atoms with van der Waals surface area (Å²) in [5.74, 6) is 3.64. The number of allylic oxidation sites excluding steroid dienone is 2. The highest BCUT2D eigenvalue weighted by atomic mass is 14.6. The molecular formula is C15H27N. The van der Waals surface area contributed by atoms with Crippen LogP contribution in [-0.2, 0) is 0 Å². The standard InChI is InChI=1S/C15H27N/c1-11-5-3-4-6-15(11)12(2)13-7-9-14(16)10-8-13/h3-4,11-15H,5-10,16H2,1-2H3/t11-,12+,13?,14?,15?/m1/s1. The van der Waals surface area contributed by atoms with E-state index in [0.717, 1.165) is 23.7 Å². The number of nitrogens with two attached hydrogens (primary N) is 1. The highest BCUT2D eigenvalue weighted by Gasteiger charge is 2.31. The van der Waals surface area contributed by atoms with Crippen LogP contribution in [0, 0.1) is 23.7 Å². The molecule has 1 saturated carbocycles. The number of hydrogen-bond donors (Lipinski definition) is 1. The average Bonchev–Trinajstić information content (AvgIpc) is 2.30. The maximum absolute atomic E-state index is 5.99. The molecule has 0 saturated heterocycles. The van der Waals surface area contributed by atoms with Gasteiger partial charge in [-0.1, -0.05) is 26.0 Å². The van der Waals surface area contributed by atoms with Crippen molar-refractivity contribution in [1.82, 2.24) is 0 Å². The zero-order valence-corrected chi connectivity index (χ0v) is 10.9. The van der Waals surface area contributed by atoms with Gasteiger partial charge in [-0.25, -0.2) is 0 Å². The van der Waals surface area contributed by atoms with Crippen molar-refractivity contribution in [2.24, 2.45) is 29.4 Å². The van der Waals surface area contributed by atoms with Crippen LogP contribution in [-0.4, -0.2) is 6.04 Å². The third-order valence-electron chi connectivity index (χ3n) is 5.05. The van der Waals surface area contributed by atoms with Gasteiger partial charge in [-0.05, 0) is 62.2 Å². The van der Waals surface area contributed by atoms with E-state index < -0.39 is 0 Å². The molecule has 1 unspecified atom stereocenters. The highest BCUT2D eigenvalue weighted by Crippen LogP contribution is 2.40. The summed E-state index contributed by atoms with van der Waals surface area (Å²) in [4.78, 5) is 0. The third-order valence-corrected chi connectivity index (χ3v) is 5.05. The molecule has 1 fully saturated rings. The van der Waals surface area contributed by atoms with Gasteiger partial charge in [0.1, 0.15) is 0 Å². The summed E-state index contributed by atoms with van der Waals surface area (Å²) in [6.45, 7) is 4.92. The molecule has 2 N–H and O–H groups in total. The van der Waals surface area contributed by atoms with Gasteiger partial charge in [0.25, 0.3) is 0 Å². The fraction of sp³-hybridized carbons (Fsp3) is 0.867. The summed E-state index contributed by atoms with van der Waals surface area (Å²) in [7, 11) is 0. The highest BCUT2D eigenvalue weighted by molar-refractivity contribution is 4.96. The van der Waals surface area contributed by atoms with Crippen LogP contribution in [0.5, 0.6) is 0 Å². The van der Waals surface area contributed by atoms with Gasteiger partial charge in [0.05, 0.1) is 0 Å². The van der Waals surface area contributed by atoms with E-state index in [9.17, 15) is 0 Å². The first-order chi connectivity index (χ1) is 7.68. The Morgan fingerprint density at radius 3 is 2.31 bits per heavy atom. The lowest BCUT2D eigenvalue weighted by Gasteiger charge is -2.38. The fourth-order valence-corrected chi connectivity index (χ4v) is 3.72. The Morgan fingerprint density at radius 2 is 1.69 bits per heavy atom. The SMILES string of the molecule is C[C@@H](C1CCC(N)CC1)C1CC=CC[C@H]1C. The van der Waals surface area contributed by atoms with Gasteiger partial charge in [0, 0.05) is 6.04 Å². The second-order valence-electron chi connectivity index (χ2n) is 6.12. The molecule has 0 heterocycles. The van der Waals surface area contributed by atoms with Crippen molar-refractivity contribution < 1.29 is 0 Å². The zero-order chi connectivity index (χ0) is 11.5. The molecule has 16 heavy (non-hydrogen) atoms. The first-order valence-electron chi connectivity index (χ1n) is 7.09. The Kier molecular flexibility index (Phi) is 4.07. The largest absolute Gasteiger partial charge is 0.328 e. The molecule has 3 atom stereocenters. The van der Waals surface area contributed by atoms with E-state index in [-0.39, 0.29) is 0 Å². The van der Waals surface area contributed by atoms with E-state index >= 15 is 0 Å². The van der Waals surface area contributed by atoms with Crippen LogP contribution in [0.4, 0.5) is 0 Å². The first kappa shape index (κ1) is 12.2. The lowest BCUT2D eigenvalue weighted by molar-refractivity contribution is 0.143. The van der Waals surface area contributed by atoms with Gasteiger partial charge in [-0.15, -0.1) is 0 Å². The summed E-state index contributed by atoms with van der Waals surface area (Å²) >= 11 is 0. The molecule has 0 amide bonds. The smallest absolute Gasteiger partial charge is 0.00390 e. The van der Waals surface area contributed by atoms with Crippen LogP contribution in [0.25, 0.3) is 0 Å². The normalized spacial score (nSPS) is 41.9. The van der Waals surface area contributed by atoms with Gasteiger partial charge in [-0.3, -0.25) is 0 Å². The van der Waals surface area contributed by atoms with Gasteiger partial charge >= 0.3 is 0 Å². The molecule has 0 aromatic carbocycles. The minimum Gasteiger partial charge on any atom is -0.328 e. The topological polar surface area (TPSA) is 26.0 Å². The minimum atomic E-state index is 0.493. The second-order valence-corrected chi connectivity index (χ2v) is 6.12. The van der Waals surface area contributed by atoms with Crippen molar-refractivity contribution in [2.45, 2.75) is 58.4 Å². The first-order valence-corrected chi connectivity index (χ1v) is 7.09.